The number of hydrogen-bond donors (Lipinski definition) is 17. The van der Waals surface area contributed by atoms with Crippen molar-refractivity contribution in [1.29, 1.82) is 0 Å². The first kappa shape index (κ1) is 69.5. The topological polar surface area (TPSA) is 478 Å². The molecule has 79 heavy (non-hydrogen) atoms. The summed E-state index contributed by atoms with van der Waals surface area (Å²) in [4.78, 5) is 78.9. The van der Waals surface area contributed by atoms with Gasteiger partial charge in [-0.3, -0.25) is 28.8 Å². The van der Waals surface area contributed by atoms with E-state index < -0.39 is 154 Å². The highest BCUT2D eigenvalue weighted by atomic mass is 16.7. The van der Waals surface area contributed by atoms with Crippen LogP contribution in [-0.2, 0) is 57.2 Å². The number of aliphatic hydroxyl groups excluding tert-OH is 12. The highest BCUT2D eigenvalue weighted by molar-refractivity contribution is 5.92. The molecule has 3 aliphatic rings. The molecule has 30 nitrogen and oxygen atoms in total. The third-order valence-corrected chi connectivity index (χ3v) is 13.6. The van der Waals surface area contributed by atoms with Gasteiger partial charge in [0.25, 0.3) is 0 Å². The van der Waals surface area contributed by atoms with Crippen molar-refractivity contribution in [2.75, 3.05) is 72.4 Å². The summed E-state index contributed by atoms with van der Waals surface area (Å²) >= 11 is 0. The molecule has 0 aromatic rings. The van der Waals surface area contributed by atoms with Crippen LogP contribution in [0.15, 0.2) is 0 Å². The van der Waals surface area contributed by atoms with E-state index >= 15 is 0 Å². The highest BCUT2D eigenvalue weighted by Gasteiger charge is 2.46. The average molecular weight is 1150 g/mol. The summed E-state index contributed by atoms with van der Waals surface area (Å²) in [5.74, 6) is -2.73. The van der Waals surface area contributed by atoms with Crippen molar-refractivity contribution in [3.63, 3.8) is 0 Å². The maximum Gasteiger partial charge on any atom is 0.243 e. The number of nitrogens with zero attached hydrogens (tertiary/aromatic N) is 1. The van der Waals surface area contributed by atoms with E-state index in [-0.39, 0.29) is 77.0 Å². The number of nitrogens with one attached hydrogen (secondary N) is 4. The minimum atomic E-state index is -1.71. The van der Waals surface area contributed by atoms with Gasteiger partial charge in [0.15, 0.2) is 24.7 Å². The van der Waals surface area contributed by atoms with Gasteiger partial charge < -0.3 is 122 Å². The van der Waals surface area contributed by atoms with Gasteiger partial charge in [-0.15, -0.1) is 0 Å². The Morgan fingerprint density at radius 2 is 0.924 bits per heavy atom. The van der Waals surface area contributed by atoms with E-state index in [1.165, 1.54) is 11.8 Å². The van der Waals surface area contributed by atoms with Gasteiger partial charge in [-0.25, -0.2) is 0 Å². The lowest BCUT2D eigenvalue weighted by Crippen LogP contribution is -2.59. The van der Waals surface area contributed by atoms with E-state index in [0.717, 1.165) is 6.42 Å². The van der Waals surface area contributed by atoms with Crippen molar-refractivity contribution in [3.05, 3.63) is 0 Å². The molecule has 3 heterocycles. The number of amides is 5. The summed E-state index contributed by atoms with van der Waals surface area (Å²) in [6.45, 7) is -1.42. The van der Waals surface area contributed by atoms with Gasteiger partial charge in [0.1, 0.15) is 79.3 Å². The van der Waals surface area contributed by atoms with E-state index in [1.54, 1.807) is 0 Å². The number of hydrogen-bond acceptors (Lipinski definition) is 25. The van der Waals surface area contributed by atoms with Crippen molar-refractivity contribution >= 4 is 35.3 Å². The Hall–Kier alpha value is -3.74. The highest BCUT2D eigenvalue weighted by Crippen LogP contribution is 2.25. The fraction of sp³-hybridized carbons (Fsp3) is 0.878. The largest absolute Gasteiger partial charge is 0.394 e. The van der Waals surface area contributed by atoms with E-state index in [1.807, 2.05) is 0 Å². The molecule has 0 aromatic heterocycles. The molecule has 30 heteroatoms. The van der Waals surface area contributed by atoms with Crippen LogP contribution in [0.3, 0.4) is 0 Å². The predicted molar refractivity (Wildman–Crippen MR) is 270 cm³/mol. The Bertz CT molecular complexity index is 1770. The lowest BCUT2D eigenvalue weighted by molar-refractivity contribution is -0.303. The second-order valence-electron chi connectivity index (χ2n) is 19.8. The van der Waals surface area contributed by atoms with Crippen LogP contribution in [0.1, 0.15) is 96.8 Å². The molecule has 17 atom stereocenters. The minimum Gasteiger partial charge on any atom is -0.394 e. The molecule has 3 saturated heterocycles. The Balaban J connectivity index is 1.52. The quantitative estimate of drug-likeness (QED) is 0.0255. The van der Waals surface area contributed by atoms with Gasteiger partial charge >= 0.3 is 0 Å². The molecule has 3 rings (SSSR count). The molecule has 18 N–H and O–H groups in total. The zero-order chi connectivity index (χ0) is 58.6. The van der Waals surface area contributed by atoms with E-state index in [2.05, 4.69) is 21.3 Å². The molecular weight excluding hydrogens is 1060 g/mol. The molecule has 5 amide bonds. The zero-order valence-corrected chi connectivity index (χ0v) is 44.8. The first-order chi connectivity index (χ1) is 37.7. The van der Waals surface area contributed by atoms with Gasteiger partial charge in [-0.05, 0) is 58.4 Å². The summed E-state index contributed by atoms with van der Waals surface area (Å²) in [6, 6.07) is -1.94. The van der Waals surface area contributed by atoms with E-state index in [0.29, 0.717) is 64.3 Å². The molecule has 3 fully saturated rings. The van der Waals surface area contributed by atoms with Crippen LogP contribution in [-0.4, -0.2) is 278 Å². The van der Waals surface area contributed by atoms with Gasteiger partial charge in [0.2, 0.25) is 29.5 Å². The minimum absolute atomic E-state index is 0.0158. The molecule has 0 bridgehead atoms. The lowest BCUT2D eigenvalue weighted by Gasteiger charge is -2.40. The summed E-state index contributed by atoms with van der Waals surface area (Å²) in [5.41, 5.74) is 5.53. The number of carbonyl (C=O) groups excluding carboxylic acids is 6. The van der Waals surface area contributed by atoms with E-state index in [4.69, 9.17) is 34.2 Å². The van der Waals surface area contributed by atoms with Crippen molar-refractivity contribution < 1.29 is 118 Å². The molecule has 0 aliphatic carbocycles. The van der Waals surface area contributed by atoms with Crippen LogP contribution >= 0.6 is 0 Å². The molecule has 458 valence electrons. The number of ketones is 1. The standard InChI is InChI=1S/C49H88N6O24/c1-27(59)28(11-8-9-15-50)53-33(60)12-5-2-3-6-13-34(61)54-29(46(73)52-17-20-74-47-43(70)40(67)37(64)30(24-56)77-47)23-35(62)51-16-10-4-7-14-36(63)55(18-21-75-48-44(71)41(68)38(65)31(25-57)78-48)19-22-76-49-45(72)42(69)39(66)32(26-58)79-49/h28-32,37-45,47-49,56-58,64-72H,2-26,50H2,1H3,(H,51,62)(H,52,73)(H,53,60)(H,54,61)/t28-,29-,30+,31+,32+,37+,38+,39+,40-,41-,42-,43-,44-,45-,47-,48-,49-/m0/s1. The number of aliphatic hydroxyl groups is 12. The second kappa shape index (κ2) is 37.4. The maximum atomic E-state index is 13.5. The number of carbonyl (C=O) groups is 6. The van der Waals surface area contributed by atoms with Crippen LogP contribution in [0, 0.1) is 0 Å². The smallest absolute Gasteiger partial charge is 0.243 e. The first-order valence-corrected chi connectivity index (χ1v) is 27.1. The molecule has 0 aromatic carbocycles. The molecule has 0 spiro atoms. The van der Waals surface area contributed by atoms with Gasteiger partial charge in [0, 0.05) is 45.4 Å². The van der Waals surface area contributed by atoms with Crippen molar-refractivity contribution in [1.82, 2.24) is 26.2 Å². The third-order valence-electron chi connectivity index (χ3n) is 13.6. The number of nitrogens with two attached hydrogens (primary N) is 1. The fourth-order valence-corrected chi connectivity index (χ4v) is 8.77. The lowest BCUT2D eigenvalue weighted by atomic mass is 9.99. The van der Waals surface area contributed by atoms with Crippen LogP contribution in [0.4, 0.5) is 0 Å². The number of unbranched alkanes of at least 4 members (excludes halogenated alkanes) is 6. The Kier molecular flexibility index (Phi) is 32.9. The molecule has 0 unspecified atom stereocenters. The van der Waals surface area contributed by atoms with Crippen LogP contribution < -0.4 is 27.0 Å². The molecule has 0 saturated carbocycles. The average Bonchev–Trinajstić information content (AvgIpc) is 3.43. The normalized spacial score (nSPS) is 29.7. The maximum absolute atomic E-state index is 13.5. The number of Topliss-reactive ketones (excluding diaryl/α,β-unsaturated/α-hetero) is 1. The predicted octanol–water partition coefficient (Wildman–Crippen LogP) is -7.52. The van der Waals surface area contributed by atoms with Gasteiger partial charge in [-0.2, -0.15) is 0 Å². The van der Waals surface area contributed by atoms with Crippen molar-refractivity contribution in [2.24, 2.45) is 5.73 Å². The summed E-state index contributed by atoms with van der Waals surface area (Å²) in [5, 5.41) is 131. The van der Waals surface area contributed by atoms with Crippen molar-refractivity contribution in [3.8, 4) is 0 Å². The Morgan fingerprint density at radius 3 is 1.37 bits per heavy atom. The Labute approximate surface area is 458 Å². The van der Waals surface area contributed by atoms with Gasteiger partial charge in [0.05, 0.1) is 52.1 Å². The molecule has 3 aliphatic heterocycles. The zero-order valence-electron chi connectivity index (χ0n) is 44.8. The molecule has 0 radical (unpaired) electrons. The van der Waals surface area contributed by atoms with Crippen LogP contribution in [0.25, 0.3) is 0 Å². The second-order valence-corrected chi connectivity index (χ2v) is 19.8. The third kappa shape index (κ3) is 23.6. The van der Waals surface area contributed by atoms with Crippen LogP contribution in [0.2, 0.25) is 0 Å². The Morgan fingerprint density at radius 1 is 0.494 bits per heavy atom. The molecular formula is C49H88N6O24. The van der Waals surface area contributed by atoms with Crippen LogP contribution in [0.5, 0.6) is 0 Å². The summed E-state index contributed by atoms with van der Waals surface area (Å²) in [6.07, 6.45) is -18.5. The summed E-state index contributed by atoms with van der Waals surface area (Å²) < 4.78 is 32.6. The summed E-state index contributed by atoms with van der Waals surface area (Å²) in [7, 11) is 0. The van der Waals surface area contributed by atoms with E-state index in [9.17, 15) is 90.0 Å². The fourth-order valence-electron chi connectivity index (χ4n) is 8.77. The number of rotatable bonds is 38. The SMILES string of the molecule is CC(=O)[C@H](CCCCN)NC(=O)CCCCCCC(=O)N[C@@H](CC(=O)NCCCCCC(=O)N(CCO[C@H]1O[C@H](CO)[C@@H](O)[C@H](O)[C@@H]1O)CCO[C@H]1O[C@H](CO)[C@@H](O)[C@H](O)[C@@H]1O)C(=O)NCCO[C@H]1O[C@H](CO)[C@@H](O)[C@H](O)[C@@H]1O. The van der Waals surface area contributed by atoms with Crippen molar-refractivity contribution in [2.45, 2.75) is 201 Å². The number of ether oxygens (including phenoxy) is 6. The van der Waals surface area contributed by atoms with Gasteiger partial charge in [-0.1, -0.05) is 19.3 Å². The monoisotopic (exact) mass is 1140 g/mol. The first-order valence-electron chi connectivity index (χ1n) is 27.1.